The van der Waals surface area contributed by atoms with E-state index in [0.717, 1.165) is 18.8 Å². The fraction of sp³-hybridized carbons (Fsp3) is 0.619. The second-order valence-corrected chi connectivity index (χ2v) is 6.76. The Morgan fingerprint density at radius 2 is 1.58 bits per heavy atom. The van der Waals surface area contributed by atoms with E-state index in [-0.39, 0.29) is 0 Å². The quantitative estimate of drug-likeness (QED) is 0.546. The molecular formula is C21H37N3. The third-order valence-corrected chi connectivity index (χ3v) is 4.31. The molecule has 0 aliphatic carbocycles. The summed E-state index contributed by atoms with van der Waals surface area (Å²) in [6.07, 6.45) is 5.05. The summed E-state index contributed by atoms with van der Waals surface area (Å²) in [5.74, 6) is 0. The predicted octanol–water partition coefficient (Wildman–Crippen LogP) is 4.21. The molecule has 136 valence electrons. The summed E-state index contributed by atoms with van der Waals surface area (Å²) in [4.78, 5) is 4.64. The van der Waals surface area contributed by atoms with E-state index in [0.29, 0.717) is 0 Å². The zero-order valence-electron chi connectivity index (χ0n) is 16.3. The van der Waals surface area contributed by atoms with Crippen LogP contribution in [0.15, 0.2) is 30.8 Å². The van der Waals surface area contributed by atoms with Crippen LogP contribution in [0.5, 0.6) is 0 Å². The van der Waals surface area contributed by atoms with Crippen molar-refractivity contribution in [3.05, 3.63) is 42.0 Å². The smallest absolute Gasteiger partial charge is 0.0361 e. The number of hydrogen-bond donors (Lipinski definition) is 1. The summed E-state index contributed by atoms with van der Waals surface area (Å²) in [6, 6.07) is 8.71. The van der Waals surface area contributed by atoms with Gasteiger partial charge in [0.25, 0.3) is 0 Å². The number of hydrogen-bond acceptors (Lipinski definition) is 3. The first kappa shape index (κ1) is 20.7. The van der Waals surface area contributed by atoms with Gasteiger partial charge in [0.05, 0.1) is 0 Å². The summed E-state index contributed by atoms with van der Waals surface area (Å²) < 4.78 is 0. The molecule has 0 spiro atoms. The third-order valence-electron chi connectivity index (χ3n) is 4.31. The van der Waals surface area contributed by atoms with Gasteiger partial charge in [-0.05, 0) is 63.0 Å². The normalized spacial score (nSPS) is 11.0. The van der Waals surface area contributed by atoms with E-state index >= 15 is 0 Å². The molecule has 1 N–H and O–H groups in total. The van der Waals surface area contributed by atoms with Crippen LogP contribution >= 0.6 is 0 Å². The van der Waals surface area contributed by atoms with Crippen molar-refractivity contribution in [2.24, 2.45) is 0 Å². The van der Waals surface area contributed by atoms with Gasteiger partial charge >= 0.3 is 0 Å². The predicted molar refractivity (Wildman–Crippen MR) is 107 cm³/mol. The van der Waals surface area contributed by atoms with Crippen LogP contribution in [0.2, 0.25) is 0 Å². The third kappa shape index (κ3) is 7.98. The van der Waals surface area contributed by atoms with Crippen molar-refractivity contribution < 1.29 is 0 Å². The molecule has 0 radical (unpaired) electrons. The van der Waals surface area contributed by atoms with Crippen LogP contribution in [0, 0.1) is 0 Å². The molecule has 24 heavy (non-hydrogen) atoms. The van der Waals surface area contributed by atoms with Crippen LogP contribution in [0.3, 0.4) is 0 Å². The van der Waals surface area contributed by atoms with Gasteiger partial charge in [0.2, 0.25) is 0 Å². The van der Waals surface area contributed by atoms with Crippen LogP contribution in [-0.4, -0.2) is 50.1 Å². The number of unbranched alkanes of at least 4 members (excludes halogenated alkanes) is 1. The van der Waals surface area contributed by atoms with Crippen molar-refractivity contribution in [1.29, 1.82) is 0 Å². The first-order valence-corrected chi connectivity index (χ1v) is 9.47. The van der Waals surface area contributed by atoms with Gasteiger partial charge in [-0.15, -0.1) is 0 Å². The summed E-state index contributed by atoms with van der Waals surface area (Å²) in [5.41, 5.74) is 3.58. The first-order valence-electron chi connectivity index (χ1n) is 9.47. The fourth-order valence-electron chi connectivity index (χ4n) is 2.86. The zero-order valence-corrected chi connectivity index (χ0v) is 16.3. The zero-order chi connectivity index (χ0) is 17.8. The minimum absolute atomic E-state index is 0.947. The van der Waals surface area contributed by atoms with Crippen molar-refractivity contribution in [3.63, 3.8) is 0 Å². The largest absolute Gasteiger partial charge is 0.378 e. The Labute approximate surface area is 149 Å². The molecule has 0 aliphatic rings. The molecule has 0 aromatic heterocycles. The van der Waals surface area contributed by atoms with Crippen molar-refractivity contribution in [2.75, 3.05) is 40.3 Å². The molecule has 0 bridgehead atoms. The number of nitrogens with one attached hydrogen (secondary N) is 1. The van der Waals surface area contributed by atoms with E-state index in [9.17, 15) is 0 Å². The molecule has 0 atom stereocenters. The highest BCUT2D eigenvalue weighted by Crippen LogP contribution is 2.15. The van der Waals surface area contributed by atoms with E-state index in [4.69, 9.17) is 0 Å². The highest BCUT2D eigenvalue weighted by atomic mass is 15.1. The van der Waals surface area contributed by atoms with E-state index < -0.39 is 0 Å². The van der Waals surface area contributed by atoms with Gasteiger partial charge in [-0.3, -0.25) is 0 Å². The van der Waals surface area contributed by atoms with Crippen LogP contribution in [0.25, 0.3) is 5.70 Å². The summed E-state index contributed by atoms with van der Waals surface area (Å²) in [7, 11) is 4.06. The van der Waals surface area contributed by atoms with Crippen LogP contribution in [0.4, 0.5) is 0 Å². The summed E-state index contributed by atoms with van der Waals surface area (Å²) in [5, 5.41) is 3.56. The topological polar surface area (TPSA) is 18.5 Å². The van der Waals surface area contributed by atoms with Gasteiger partial charge in [-0.25, -0.2) is 0 Å². The lowest BCUT2D eigenvalue weighted by atomic mass is 10.1. The monoisotopic (exact) mass is 331 g/mol. The van der Waals surface area contributed by atoms with E-state index in [1.807, 2.05) is 19.0 Å². The minimum atomic E-state index is 0.947. The van der Waals surface area contributed by atoms with E-state index in [1.165, 1.54) is 56.4 Å². The Morgan fingerprint density at radius 3 is 2.12 bits per heavy atom. The molecule has 1 aromatic carbocycles. The van der Waals surface area contributed by atoms with E-state index in [2.05, 4.69) is 54.9 Å². The summed E-state index contributed by atoms with van der Waals surface area (Å²) >= 11 is 0. The lowest BCUT2D eigenvalue weighted by Gasteiger charge is -2.20. The van der Waals surface area contributed by atoms with Crippen molar-refractivity contribution >= 4 is 5.70 Å². The second kappa shape index (κ2) is 12.1. The molecular weight excluding hydrogens is 294 g/mol. The Balaban J connectivity index is 2.20. The van der Waals surface area contributed by atoms with Gasteiger partial charge in [0, 0.05) is 26.3 Å². The maximum Gasteiger partial charge on any atom is 0.0361 e. The van der Waals surface area contributed by atoms with Crippen molar-refractivity contribution in [3.8, 4) is 0 Å². The van der Waals surface area contributed by atoms with Crippen molar-refractivity contribution in [2.45, 2.75) is 46.1 Å². The number of rotatable bonds is 13. The molecule has 0 amide bonds. The molecule has 0 saturated heterocycles. The lowest BCUT2D eigenvalue weighted by molar-refractivity contribution is 0.268. The lowest BCUT2D eigenvalue weighted by Crippen LogP contribution is -2.27. The number of nitrogens with zero attached hydrogens (tertiary/aromatic N) is 2. The molecule has 0 unspecified atom stereocenters. The van der Waals surface area contributed by atoms with Gasteiger partial charge < -0.3 is 15.1 Å². The summed E-state index contributed by atoms with van der Waals surface area (Å²) in [6.45, 7) is 14.4. The molecule has 3 heteroatoms. The molecule has 0 heterocycles. The first-order chi connectivity index (χ1) is 11.6. The van der Waals surface area contributed by atoms with Gasteiger partial charge in [0.15, 0.2) is 0 Å². The van der Waals surface area contributed by atoms with Crippen LogP contribution in [0.1, 0.15) is 50.7 Å². The second-order valence-electron chi connectivity index (χ2n) is 6.76. The molecule has 0 saturated carbocycles. The fourth-order valence-corrected chi connectivity index (χ4v) is 2.86. The molecule has 1 rings (SSSR count). The SMILES string of the molecule is C=C(c1ccc(CNCCCCN(CCC)CCC)cc1)N(C)C. The Morgan fingerprint density at radius 1 is 0.958 bits per heavy atom. The highest BCUT2D eigenvalue weighted by molar-refractivity contribution is 5.61. The maximum atomic E-state index is 4.10. The van der Waals surface area contributed by atoms with Gasteiger partial charge in [-0.2, -0.15) is 0 Å². The molecule has 0 aliphatic heterocycles. The van der Waals surface area contributed by atoms with Gasteiger partial charge in [0.1, 0.15) is 0 Å². The van der Waals surface area contributed by atoms with Gasteiger partial charge in [-0.1, -0.05) is 44.7 Å². The number of benzene rings is 1. The van der Waals surface area contributed by atoms with Crippen LogP contribution < -0.4 is 5.32 Å². The Hall–Kier alpha value is -1.32. The van der Waals surface area contributed by atoms with Crippen LogP contribution in [-0.2, 0) is 6.54 Å². The van der Waals surface area contributed by atoms with E-state index in [1.54, 1.807) is 0 Å². The minimum Gasteiger partial charge on any atom is -0.378 e. The Bertz CT molecular complexity index is 445. The molecule has 0 fully saturated rings. The molecule has 1 aromatic rings. The van der Waals surface area contributed by atoms with Crippen molar-refractivity contribution in [1.82, 2.24) is 15.1 Å². The highest BCUT2D eigenvalue weighted by Gasteiger charge is 2.02. The maximum absolute atomic E-state index is 4.10. The average molecular weight is 332 g/mol. The Kier molecular flexibility index (Phi) is 10.4. The average Bonchev–Trinajstić information content (AvgIpc) is 2.58. The standard InChI is InChI=1S/C21H37N3/c1-6-15-24(16-7-2)17-9-8-14-22-18-20-10-12-21(13-11-20)19(3)23(4)5/h10-13,22H,3,6-9,14-18H2,1-2,4-5H3. The molecule has 3 nitrogen and oxygen atoms in total.